The molecule has 0 aromatic rings. The Morgan fingerprint density at radius 3 is 2.36 bits per heavy atom. The second-order valence-corrected chi connectivity index (χ2v) is 4.58. The van der Waals surface area contributed by atoms with E-state index in [4.69, 9.17) is 5.11 Å². The van der Waals surface area contributed by atoms with Crippen LogP contribution in [0.15, 0.2) is 0 Å². The molecular formula is C8H16O2S. The van der Waals surface area contributed by atoms with Gasteiger partial charge in [-0.3, -0.25) is 4.79 Å². The monoisotopic (exact) mass is 176 g/mol. The molecule has 0 bridgehead atoms. The molecule has 0 rings (SSSR count). The lowest BCUT2D eigenvalue weighted by molar-refractivity contribution is -0.136. The first-order valence-electron chi connectivity index (χ1n) is 3.96. The van der Waals surface area contributed by atoms with Crippen molar-refractivity contribution in [3.8, 4) is 0 Å². The van der Waals surface area contributed by atoms with Gasteiger partial charge < -0.3 is 5.11 Å². The predicted molar refractivity (Wildman–Crippen MR) is 49.1 cm³/mol. The fraction of sp³-hybridized carbons (Fsp3) is 0.875. The minimum Gasteiger partial charge on any atom is -0.480 e. The summed E-state index contributed by atoms with van der Waals surface area (Å²) >= 11 is 1.53. The first-order valence-corrected chi connectivity index (χ1v) is 4.90. The van der Waals surface area contributed by atoms with Crippen molar-refractivity contribution in [1.29, 1.82) is 0 Å². The van der Waals surface area contributed by atoms with Gasteiger partial charge in [-0.15, -0.1) is 11.8 Å². The van der Waals surface area contributed by atoms with Crippen LogP contribution in [0.4, 0.5) is 0 Å². The maximum atomic E-state index is 10.6. The zero-order chi connectivity index (χ0) is 8.85. The standard InChI is InChI=1S/C8H16O2S/c1-4-5-7(8(9)10)11-6(2)3/h6-7H,4-5H2,1-3H3,(H,9,10). The molecule has 0 aromatic carbocycles. The number of carbonyl (C=O) groups is 1. The molecule has 0 heterocycles. The Labute approximate surface area is 72.4 Å². The highest BCUT2D eigenvalue weighted by Crippen LogP contribution is 2.21. The molecule has 0 aromatic heterocycles. The largest absolute Gasteiger partial charge is 0.480 e. The molecule has 0 aliphatic heterocycles. The molecule has 0 saturated carbocycles. The predicted octanol–water partition coefficient (Wildman–Crippen LogP) is 2.38. The Bertz CT molecular complexity index is 123. The van der Waals surface area contributed by atoms with Gasteiger partial charge in [-0.25, -0.2) is 0 Å². The van der Waals surface area contributed by atoms with Crippen LogP contribution >= 0.6 is 11.8 Å². The van der Waals surface area contributed by atoms with Gasteiger partial charge in [0.25, 0.3) is 0 Å². The Morgan fingerprint density at radius 2 is 2.09 bits per heavy atom. The van der Waals surface area contributed by atoms with E-state index in [1.165, 1.54) is 11.8 Å². The second kappa shape index (κ2) is 5.47. The van der Waals surface area contributed by atoms with Gasteiger partial charge >= 0.3 is 5.97 Å². The molecule has 0 saturated heterocycles. The maximum Gasteiger partial charge on any atom is 0.316 e. The number of carboxylic acids is 1. The summed E-state index contributed by atoms with van der Waals surface area (Å²) in [4.78, 5) is 10.6. The quantitative estimate of drug-likeness (QED) is 0.698. The van der Waals surface area contributed by atoms with Crippen molar-refractivity contribution in [3.63, 3.8) is 0 Å². The van der Waals surface area contributed by atoms with Crippen molar-refractivity contribution in [1.82, 2.24) is 0 Å². The summed E-state index contributed by atoms with van der Waals surface area (Å²) in [5, 5.41) is 8.93. The van der Waals surface area contributed by atoms with E-state index in [1.54, 1.807) is 0 Å². The summed E-state index contributed by atoms with van der Waals surface area (Å²) in [6, 6.07) is 0. The maximum absolute atomic E-state index is 10.6. The van der Waals surface area contributed by atoms with Gasteiger partial charge in [-0.1, -0.05) is 27.2 Å². The number of carboxylic acid groups (broad SMARTS) is 1. The number of rotatable bonds is 5. The van der Waals surface area contributed by atoms with Crippen LogP contribution in [0.3, 0.4) is 0 Å². The third-order valence-corrected chi connectivity index (χ3v) is 2.57. The molecule has 1 atom stereocenters. The minimum absolute atomic E-state index is 0.208. The summed E-state index contributed by atoms with van der Waals surface area (Å²) in [5.41, 5.74) is 0. The Hall–Kier alpha value is -0.180. The van der Waals surface area contributed by atoms with Crippen LogP contribution in [0.1, 0.15) is 33.6 Å². The molecule has 0 amide bonds. The summed E-state index contributed by atoms with van der Waals surface area (Å²) in [6.07, 6.45) is 1.72. The lowest BCUT2D eigenvalue weighted by Gasteiger charge is -2.12. The van der Waals surface area contributed by atoms with Gasteiger partial charge in [0.05, 0.1) is 0 Å². The summed E-state index contributed by atoms with van der Waals surface area (Å²) in [6.45, 7) is 6.06. The van der Waals surface area contributed by atoms with Crippen molar-refractivity contribution >= 4 is 17.7 Å². The Kier molecular flexibility index (Phi) is 5.38. The van der Waals surface area contributed by atoms with Crippen LogP contribution in [0.5, 0.6) is 0 Å². The smallest absolute Gasteiger partial charge is 0.316 e. The van der Waals surface area contributed by atoms with Crippen LogP contribution in [0.25, 0.3) is 0 Å². The lowest BCUT2D eigenvalue weighted by atomic mass is 10.2. The zero-order valence-corrected chi connectivity index (χ0v) is 8.15. The van der Waals surface area contributed by atoms with E-state index in [0.29, 0.717) is 5.25 Å². The summed E-state index contributed by atoms with van der Waals surface area (Å²) in [7, 11) is 0. The van der Waals surface area contributed by atoms with Crippen molar-refractivity contribution < 1.29 is 9.90 Å². The SMILES string of the molecule is CCCC(SC(C)C)C(=O)O. The molecule has 66 valence electrons. The second-order valence-electron chi connectivity index (χ2n) is 2.80. The lowest BCUT2D eigenvalue weighted by Crippen LogP contribution is -2.17. The molecular weight excluding hydrogens is 160 g/mol. The molecule has 3 heteroatoms. The average molecular weight is 176 g/mol. The van der Waals surface area contributed by atoms with E-state index < -0.39 is 5.97 Å². The van der Waals surface area contributed by atoms with Gasteiger partial charge in [0, 0.05) is 0 Å². The van der Waals surface area contributed by atoms with Gasteiger partial charge in [-0.2, -0.15) is 0 Å². The molecule has 0 aliphatic rings. The Morgan fingerprint density at radius 1 is 1.55 bits per heavy atom. The van der Waals surface area contributed by atoms with Crippen molar-refractivity contribution in [2.24, 2.45) is 0 Å². The third kappa shape index (κ3) is 5.13. The van der Waals surface area contributed by atoms with Crippen LogP contribution in [-0.2, 0) is 4.79 Å². The molecule has 2 nitrogen and oxygen atoms in total. The molecule has 0 radical (unpaired) electrons. The molecule has 0 spiro atoms. The molecule has 1 unspecified atom stereocenters. The van der Waals surface area contributed by atoms with E-state index >= 15 is 0 Å². The highest BCUT2D eigenvalue weighted by atomic mass is 32.2. The summed E-state index contributed by atoms with van der Waals surface area (Å²) in [5.74, 6) is -0.675. The third-order valence-electron chi connectivity index (χ3n) is 1.26. The van der Waals surface area contributed by atoms with Gasteiger partial charge in [0.2, 0.25) is 0 Å². The fourth-order valence-corrected chi connectivity index (χ4v) is 1.99. The van der Waals surface area contributed by atoms with E-state index in [0.717, 1.165) is 12.8 Å². The minimum atomic E-state index is -0.675. The Balaban J connectivity index is 3.79. The van der Waals surface area contributed by atoms with Crippen LogP contribution in [0.2, 0.25) is 0 Å². The van der Waals surface area contributed by atoms with Gasteiger partial charge in [0.1, 0.15) is 5.25 Å². The van der Waals surface area contributed by atoms with Crippen molar-refractivity contribution in [2.75, 3.05) is 0 Å². The molecule has 11 heavy (non-hydrogen) atoms. The van der Waals surface area contributed by atoms with E-state index in [9.17, 15) is 4.79 Å². The molecule has 0 aliphatic carbocycles. The van der Waals surface area contributed by atoms with Crippen LogP contribution in [0, 0.1) is 0 Å². The van der Waals surface area contributed by atoms with Gasteiger partial charge in [-0.05, 0) is 11.7 Å². The highest BCUT2D eigenvalue weighted by Gasteiger charge is 2.17. The fourth-order valence-electron chi connectivity index (χ4n) is 0.840. The topological polar surface area (TPSA) is 37.3 Å². The average Bonchev–Trinajstić information content (AvgIpc) is 1.86. The highest BCUT2D eigenvalue weighted by molar-refractivity contribution is 8.01. The van der Waals surface area contributed by atoms with Crippen molar-refractivity contribution in [3.05, 3.63) is 0 Å². The van der Waals surface area contributed by atoms with Crippen LogP contribution in [-0.4, -0.2) is 21.6 Å². The molecule has 1 N–H and O–H groups in total. The van der Waals surface area contributed by atoms with Crippen molar-refractivity contribution in [2.45, 2.75) is 44.1 Å². The summed E-state index contributed by atoms with van der Waals surface area (Å²) < 4.78 is 0. The van der Waals surface area contributed by atoms with E-state index in [1.807, 2.05) is 20.8 Å². The van der Waals surface area contributed by atoms with Crippen LogP contribution < -0.4 is 0 Å². The van der Waals surface area contributed by atoms with E-state index in [-0.39, 0.29) is 5.25 Å². The number of thioether (sulfide) groups is 1. The number of hydrogen-bond acceptors (Lipinski definition) is 2. The first-order chi connectivity index (χ1) is 5.07. The molecule has 0 fully saturated rings. The number of aliphatic carboxylic acids is 1. The first kappa shape index (κ1) is 10.8. The van der Waals surface area contributed by atoms with Gasteiger partial charge in [0.15, 0.2) is 0 Å². The normalized spacial score (nSPS) is 13.5. The number of hydrogen-bond donors (Lipinski definition) is 1. The van der Waals surface area contributed by atoms with E-state index in [2.05, 4.69) is 0 Å². The zero-order valence-electron chi connectivity index (χ0n) is 7.33.